The number of aromatic nitrogens is 3. The van der Waals surface area contributed by atoms with Crippen LogP contribution >= 0.6 is 0 Å². The Balaban J connectivity index is 1.65. The van der Waals surface area contributed by atoms with E-state index in [0.29, 0.717) is 28.2 Å². The number of amides is 1. The second-order valence-electron chi connectivity index (χ2n) is 5.57. The Morgan fingerprint density at radius 1 is 0.960 bits per heavy atom. The van der Waals surface area contributed by atoms with Crippen LogP contribution in [0.5, 0.6) is 0 Å². The Kier molecular flexibility index (Phi) is 3.46. The Hall–Kier alpha value is -3.61. The van der Waals surface area contributed by atoms with E-state index in [1.165, 1.54) is 9.58 Å². The topological polar surface area (TPSA) is 85.2 Å². The summed E-state index contributed by atoms with van der Waals surface area (Å²) in [7, 11) is 0. The van der Waals surface area contributed by atoms with Gasteiger partial charge in [0.1, 0.15) is 5.69 Å². The number of para-hydroxylation sites is 2. The summed E-state index contributed by atoms with van der Waals surface area (Å²) in [6.45, 7) is 0.130. The average molecular weight is 332 g/mol. The number of hydrogen-bond donors (Lipinski definition) is 0. The SMILES string of the molecule is O=Cc1ccccc1-n1cc(CN2C(=O)C(=O)c3ccccc32)nn1. The number of aldehydes is 1. The number of rotatable bonds is 4. The summed E-state index contributed by atoms with van der Waals surface area (Å²) in [5, 5.41) is 8.08. The van der Waals surface area contributed by atoms with Gasteiger partial charge in [0.05, 0.1) is 29.7 Å². The number of carbonyl (C=O) groups excluding carboxylic acids is 3. The largest absolute Gasteiger partial charge is 0.299 e. The third-order valence-corrected chi connectivity index (χ3v) is 4.05. The van der Waals surface area contributed by atoms with Crippen LogP contribution in [-0.2, 0) is 11.3 Å². The number of Topliss-reactive ketones (excluding diaryl/α,β-unsaturated/α-hetero) is 1. The zero-order valence-electron chi connectivity index (χ0n) is 13.0. The van der Waals surface area contributed by atoms with E-state index in [4.69, 9.17) is 0 Å². The molecule has 0 saturated carbocycles. The quantitative estimate of drug-likeness (QED) is 0.537. The van der Waals surface area contributed by atoms with Gasteiger partial charge in [0.2, 0.25) is 0 Å². The Morgan fingerprint density at radius 3 is 2.48 bits per heavy atom. The van der Waals surface area contributed by atoms with Gasteiger partial charge in [-0.25, -0.2) is 4.68 Å². The molecule has 3 aromatic rings. The summed E-state index contributed by atoms with van der Waals surface area (Å²) in [4.78, 5) is 36.8. The highest BCUT2D eigenvalue weighted by Crippen LogP contribution is 2.29. The molecule has 25 heavy (non-hydrogen) atoms. The molecular formula is C18H12N4O3. The van der Waals surface area contributed by atoms with E-state index >= 15 is 0 Å². The number of carbonyl (C=O) groups is 3. The fourth-order valence-electron chi connectivity index (χ4n) is 2.85. The fraction of sp³-hybridized carbons (Fsp3) is 0.0556. The molecule has 1 amide bonds. The van der Waals surface area contributed by atoms with Gasteiger partial charge in [-0.2, -0.15) is 0 Å². The highest BCUT2D eigenvalue weighted by molar-refractivity contribution is 6.52. The van der Waals surface area contributed by atoms with Gasteiger partial charge in [0, 0.05) is 5.56 Å². The first-order chi connectivity index (χ1) is 12.2. The minimum Gasteiger partial charge on any atom is -0.299 e. The Labute approximate surface area is 142 Å². The van der Waals surface area contributed by atoms with Crippen molar-refractivity contribution >= 4 is 23.7 Å². The van der Waals surface area contributed by atoms with E-state index < -0.39 is 11.7 Å². The molecule has 2 heterocycles. The maximum absolute atomic E-state index is 12.2. The van der Waals surface area contributed by atoms with Crippen LogP contribution in [0.2, 0.25) is 0 Å². The lowest BCUT2D eigenvalue weighted by molar-refractivity contribution is -0.114. The van der Waals surface area contributed by atoms with Crippen LogP contribution in [0.25, 0.3) is 5.69 Å². The van der Waals surface area contributed by atoms with Crippen molar-refractivity contribution in [2.45, 2.75) is 6.54 Å². The molecule has 0 atom stereocenters. The van der Waals surface area contributed by atoms with Gasteiger partial charge in [-0.15, -0.1) is 5.10 Å². The second kappa shape index (κ2) is 5.79. The highest BCUT2D eigenvalue weighted by atomic mass is 16.2. The zero-order valence-corrected chi connectivity index (χ0v) is 13.0. The number of anilines is 1. The summed E-state index contributed by atoms with van der Waals surface area (Å²) < 4.78 is 1.48. The maximum atomic E-state index is 12.2. The predicted octanol–water partition coefficient (Wildman–Crippen LogP) is 1.81. The second-order valence-corrected chi connectivity index (χ2v) is 5.57. The van der Waals surface area contributed by atoms with Crippen molar-refractivity contribution in [3.63, 3.8) is 0 Å². The molecule has 0 radical (unpaired) electrons. The first kappa shape index (κ1) is 14.9. The maximum Gasteiger partial charge on any atom is 0.299 e. The average Bonchev–Trinajstić information content (AvgIpc) is 3.21. The lowest BCUT2D eigenvalue weighted by Crippen LogP contribution is -2.29. The molecule has 2 aromatic carbocycles. The molecular weight excluding hydrogens is 320 g/mol. The van der Waals surface area contributed by atoms with Crippen molar-refractivity contribution in [2.24, 2.45) is 0 Å². The normalized spacial score (nSPS) is 13.2. The number of benzene rings is 2. The van der Waals surface area contributed by atoms with Crippen LogP contribution < -0.4 is 4.90 Å². The first-order valence-corrected chi connectivity index (χ1v) is 7.60. The lowest BCUT2D eigenvalue weighted by atomic mass is 10.1. The number of nitrogens with zero attached hydrogens (tertiary/aromatic N) is 4. The van der Waals surface area contributed by atoms with Crippen molar-refractivity contribution in [1.29, 1.82) is 0 Å². The molecule has 0 aliphatic carbocycles. The van der Waals surface area contributed by atoms with Gasteiger partial charge < -0.3 is 0 Å². The smallest absolute Gasteiger partial charge is 0.299 e. The third-order valence-electron chi connectivity index (χ3n) is 4.05. The van der Waals surface area contributed by atoms with Crippen molar-refractivity contribution in [1.82, 2.24) is 15.0 Å². The van der Waals surface area contributed by atoms with E-state index in [2.05, 4.69) is 10.3 Å². The monoisotopic (exact) mass is 332 g/mol. The summed E-state index contributed by atoms with van der Waals surface area (Å²) >= 11 is 0. The van der Waals surface area contributed by atoms with Gasteiger partial charge in [-0.1, -0.05) is 29.5 Å². The summed E-state index contributed by atoms with van der Waals surface area (Å²) in [5.41, 5.74) is 2.56. The summed E-state index contributed by atoms with van der Waals surface area (Å²) in [5.74, 6) is -1.10. The Morgan fingerprint density at radius 2 is 1.68 bits per heavy atom. The molecule has 0 fully saturated rings. The first-order valence-electron chi connectivity index (χ1n) is 7.60. The van der Waals surface area contributed by atoms with E-state index in [0.717, 1.165) is 6.29 Å². The van der Waals surface area contributed by atoms with Gasteiger partial charge >= 0.3 is 0 Å². The molecule has 1 aliphatic rings. The summed E-state index contributed by atoms with van der Waals surface area (Å²) in [6, 6.07) is 13.8. The third kappa shape index (κ3) is 2.42. The van der Waals surface area contributed by atoms with E-state index in [-0.39, 0.29) is 6.54 Å². The van der Waals surface area contributed by atoms with Crippen LogP contribution in [0.3, 0.4) is 0 Å². The van der Waals surface area contributed by atoms with Crippen molar-refractivity contribution in [3.8, 4) is 5.69 Å². The summed E-state index contributed by atoms with van der Waals surface area (Å²) in [6.07, 6.45) is 2.39. The van der Waals surface area contributed by atoms with Gasteiger partial charge in [0.25, 0.3) is 11.7 Å². The van der Waals surface area contributed by atoms with Gasteiger partial charge in [-0.3, -0.25) is 19.3 Å². The van der Waals surface area contributed by atoms with E-state index in [9.17, 15) is 14.4 Å². The van der Waals surface area contributed by atoms with Crippen LogP contribution in [0.4, 0.5) is 5.69 Å². The lowest BCUT2D eigenvalue weighted by Gasteiger charge is -2.14. The van der Waals surface area contributed by atoms with Gasteiger partial charge in [-0.05, 0) is 24.3 Å². The van der Waals surface area contributed by atoms with Crippen LogP contribution in [0.1, 0.15) is 26.4 Å². The van der Waals surface area contributed by atoms with Crippen LogP contribution in [-0.4, -0.2) is 33.0 Å². The van der Waals surface area contributed by atoms with Gasteiger partial charge in [0.15, 0.2) is 6.29 Å². The molecule has 7 nitrogen and oxygen atoms in total. The van der Waals surface area contributed by atoms with E-state index in [1.54, 1.807) is 54.7 Å². The van der Waals surface area contributed by atoms with Crippen molar-refractivity contribution in [2.75, 3.05) is 4.90 Å². The molecule has 7 heteroatoms. The zero-order chi connectivity index (χ0) is 17.4. The molecule has 0 spiro atoms. The minimum atomic E-state index is -0.580. The molecule has 1 aromatic heterocycles. The highest BCUT2D eigenvalue weighted by Gasteiger charge is 2.35. The van der Waals surface area contributed by atoms with E-state index in [1.807, 2.05) is 0 Å². The molecule has 1 aliphatic heterocycles. The fourth-order valence-corrected chi connectivity index (χ4v) is 2.85. The molecule has 0 saturated heterocycles. The number of fused-ring (bicyclic) bond motifs is 1. The standard InChI is InChI=1S/C18H12N4O3/c23-11-12-5-1-3-7-15(12)22-10-13(19-20-22)9-21-16-8-4-2-6-14(16)17(24)18(21)25/h1-8,10-11H,9H2. The predicted molar refractivity (Wildman–Crippen MR) is 88.7 cm³/mol. The van der Waals surface area contributed by atoms with Crippen molar-refractivity contribution in [3.05, 3.63) is 71.5 Å². The number of hydrogen-bond acceptors (Lipinski definition) is 5. The molecule has 0 unspecified atom stereocenters. The van der Waals surface area contributed by atoms with Crippen molar-refractivity contribution < 1.29 is 14.4 Å². The minimum absolute atomic E-state index is 0.130. The van der Waals surface area contributed by atoms with Crippen LogP contribution in [0.15, 0.2) is 54.7 Å². The molecule has 4 rings (SSSR count). The molecule has 0 N–H and O–H groups in total. The number of ketones is 1. The Bertz CT molecular complexity index is 1010. The molecule has 122 valence electrons. The molecule has 0 bridgehead atoms. The van der Waals surface area contributed by atoms with Crippen LogP contribution in [0, 0.1) is 0 Å².